The molecule has 0 fully saturated rings. The van der Waals surface area contributed by atoms with Gasteiger partial charge in [0.05, 0.1) is 18.8 Å². The number of anilines is 1. The lowest BCUT2D eigenvalue weighted by atomic mass is 10.0. The van der Waals surface area contributed by atoms with Crippen molar-refractivity contribution in [3.05, 3.63) is 64.1 Å². The number of nitrogens with one attached hydrogen (secondary N) is 1. The highest BCUT2D eigenvalue weighted by Gasteiger charge is 2.20. The van der Waals surface area contributed by atoms with Crippen LogP contribution in [0.15, 0.2) is 53.0 Å². The maximum absolute atomic E-state index is 11.1. The number of rotatable bonds is 3. The van der Waals surface area contributed by atoms with Crippen LogP contribution >= 0.6 is 15.9 Å². The third kappa shape index (κ3) is 3.74. The standard InChI is InChI=1S/C18H16BrNO3/c1-22-18(21)8-6-12-5-7-15-17(9-12)23-11-16(20-15)13-3-2-4-14(19)10-13/h2-10,16,20H,11H2,1H3. The van der Waals surface area contributed by atoms with Crippen molar-refractivity contribution in [3.8, 4) is 5.75 Å². The van der Waals surface area contributed by atoms with Crippen molar-refractivity contribution in [2.75, 3.05) is 19.0 Å². The van der Waals surface area contributed by atoms with E-state index in [4.69, 9.17) is 4.74 Å². The van der Waals surface area contributed by atoms with E-state index in [-0.39, 0.29) is 12.0 Å². The van der Waals surface area contributed by atoms with E-state index in [1.807, 2.05) is 30.3 Å². The maximum Gasteiger partial charge on any atom is 0.330 e. The molecule has 3 rings (SSSR count). The number of benzene rings is 2. The van der Waals surface area contributed by atoms with Gasteiger partial charge in [0.1, 0.15) is 12.4 Å². The van der Waals surface area contributed by atoms with Crippen molar-refractivity contribution in [2.24, 2.45) is 0 Å². The Bertz CT molecular complexity index is 758. The van der Waals surface area contributed by atoms with Crippen LogP contribution < -0.4 is 10.1 Å². The van der Waals surface area contributed by atoms with E-state index in [0.717, 1.165) is 21.5 Å². The second-order valence-corrected chi connectivity index (χ2v) is 6.09. The summed E-state index contributed by atoms with van der Waals surface area (Å²) >= 11 is 3.49. The normalized spacial score (nSPS) is 16.3. The highest BCUT2D eigenvalue weighted by molar-refractivity contribution is 9.10. The molecule has 1 aliphatic heterocycles. The van der Waals surface area contributed by atoms with Crippen molar-refractivity contribution in [1.82, 2.24) is 0 Å². The molecule has 0 bridgehead atoms. The van der Waals surface area contributed by atoms with Gasteiger partial charge in [-0.2, -0.15) is 0 Å². The fourth-order valence-corrected chi connectivity index (χ4v) is 2.84. The predicted molar refractivity (Wildman–Crippen MR) is 93.5 cm³/mol. The largest absolute Gasteiger partial charge is 0.489 e. The van der Waals surface area contributed by atoms with E-state index >= 15 is 0 Å². The van der Waals surface area contributed by atoms with Gasteiger partial charge in [-0.05, 0) is 41.5 Å². The fourth-order valence-electron chi connectivity index (χ4n) is 2.42. The highest BCUT2D eigenvalue weighted by atomic mass is 79.9. The van der Waals surface area contributed by atoms with Crippen LogP contribution in [-0.2, 0) is 9.53 Å². The third-order valence-electron chi connectivity index (χ3n) is 3.60. The Morgan fingerprint density at radius 1 is 1.35 bits per heavy atom. The van der Waals surface area contributed by atoms with Gasteiger partial charge in [0.2, 0.25) is 0 Å². The lowest BCUT2D eigenvalue weighted by molar-refractivity contribution is -0.134. The summed E-state index contributed by atoms with van der Waals surface area (Å²) in [5, 5.41) is 3.48. The number of esters is 1. The average molecular weight is 374 g/mol. The van der Waals surface area contributed by atoms with Crippen LogP contribution in [0, 0.1) is 0 Å². The molecule has 2 aromatic rings. The number of halogens is 1. The summed E-state index contributed by atoms with van der Waals surface area (Å²) in [5.74, 6) is 0.403. The molecule has 0 aliphatic carbocycles. The number of carbonyl (C=O) groups excluding carboxylic acids is 1. The molecule has 23 heavy (non-hydrogen) atoms. The first-order valence-corrected chi connectivity index (χ1v) is 8.00. The number of methoxy groups -OCH3 is 1. The molecule has 0 aromatic heterocycles. The van der Waals surface area contributed by atoms with E-state index in [9.17, 15) is 4.79 Å². The monoisotopic (exact) mass is 373 g/mol. The molecule has 2 aromatic carbocycles. The minimum absolute atomic E-state index is 0.108. The zero-order valence-electron chi connectivity index (χ0n) is 12.6. The predicted octanol–water partition coefficient (Wildman–Crippen LogP) is 4.18. The molecule has 1 N–H and O–H groups in total. The maximum atomic E-state index is 11.1. The quantitative estimate of drug-likeness (QED) is 0.647. The average Bonchev–Trinajstić information content (AvgIpc) is 2.59. The van der Waals surface area contributed by atoms with Crippen LogP contribution in [0.2, 0.25) is 0 Å². The molecule has 4 nitrogen and oxygen atoms in total. The summed E-state index contributed by atoms with van der Waals surface area (Å²) < 4.78 is 11.5. The number of carbonyl (C=O) groups is 1. The first kappa shape index (κ1) is 15.6. The number of ether oxygens (including phenoxy) is 2. The molecule has 0 radical (unpaired) electrons. The van der Waals surface area contributed by atoms with Gasteiger partial charge in [-0.25, -0.2) is 4.79 Å². The second kappa shape index (κ2) is 6.87. The summed E-state index contributed by atoms with van der Waals surface area (Å²) in [6, 6.07) is 14.1. The Morgan fingerprint density at radius 3 is 3.00 bits per heavy atom. The Morgan fingerprint density at radius 2 is 2.22 bits per heavy atom. The van der Waals surface area contributed by atoms with Gasteiger partial charge in [0.15, 0.2) is 0 Å². The number of fused-ring (bicyclic) bond motifs is 1. The molecule has 1 heterocycles. The number of hydrogen-bond donors (Lipinski definition) is 1. The SMILES string of the molecule is COC(=O)C=Cc1ccc2c(c1)OCC(c1cccc(Br)c1)N2. The summed E-state index contributed by atoms with van der Waals surface area (Å²) in [4.78, 5) is 11.1. The van der Waals surface area contributed by atoms with Crippen LogP contribution in [0.1, 0.15) is 17.2 Å². The molecular formula is C18H16BrNO3. The summed E-state index contributed by atoms with van der Waals surface area (Å²) in [6.07, 6.45) is 3.10. The van der Waals surface area contributed by atoms with Crippen LogP contribution in [0.3, 0.4) is 0 Å². The van der Waals surface area contributed by atoms with Gasteiger partial charge < -0.3 is 14.8 Å². The second-order valence-electron chi connectivity index (χ2n) is 5.18. The van der Waals surface area contributed by atoms with E-state index in [2.05, 4.69) is 38.1 Å². The molecule has 118 valence electrons. The molecule has 1 unspecified atom stereocenters. The van der Waals surface area contributed by atoms with Crippen LogP contribution in [0.4, 0.5) is 5.69 Å². The first-order chi connectivity index (χ1) is 11.2. The molecule has 0 saturated heterocycles. The van der Waals surface area contributed by atoms with E-state index in [0.29, 0.717) is 6.61 Å². The molecule has 0 saturated carbocycles. The van der Waals surface area contributed by atoms with Crippen molar-refractivity contribution in [3.63, 3.8) is 0 Å². The van der Waals surface area contributed by atoms with Crippen molar-refractivity contribution < 1.29 is 14.3 Å². The molecule has 1 atom stereocenters. The van der Waals surface area contributed by atoms with Crippen LogP contribution in [0.5, 0.6) is 5.75 Å². The Kier molecular flexibility index (Phi) is 4.67. The fraction of sp³-hybridized carbons (Fsp3) is 0.167. The molecule has 0 spiro atoms. The van der Waals surface area contributed by atoms with Gasteiger partial charge >= 0.3 is 5.97 Å². The topological polar surface area (TPSA) is 47.6 Å². The smallest absolute Gasteiger partial charge is 0.330 e. The van der Waals surface area contributed by atoms with Crippen molar-refractivity contribution in [2.45, 2.75) is 6.04 Å². The zero-order chi connectivity index (χ0) is 16.2. The summed E-state index contributed by atoms with van der Waals surface area (Å²) in [7, 11) is 1.36. The zero-order valence-corrected chi connectivity index (χ0v) is 14.2. The van der Waals surface area contributed by atoms with Gasteiger partial charge in [-0.3, -0.25) is 0 Å². The van der Waals surface area contributed by atoms with Crippen molar-refractivity contribution in [1.29, 1.82) is 0 Å². The van der Waals surface area contributed by atoms with E-state index < -0.39 is 0 Å². The van der Waals surface area contributed by atoms with E-state index in [1.165, 1.54) is 18.7 Å². The minimum atomic E-state index is -0.378. The lowest BCUT2D eigenvalue weighted by Gasteiger charge is -2.28. The van der Waals surface area contributed by atoms with Gasteiger partial charge in [0, 0.05) is 10.5 Å². The van der Waals surface area contributed by atoms with Crippen molar-refractivity contribution >= 4 is 33.7 Å². The minimum Gasteiger partial charge on any atom is -0.489 e. The molecular weight excluding hydrogens is 358 g/mol. The highest BCUT2D eigenvalue weighted by Crippen LogP contribution is 2.35. The van der Waals surface area contributed by atoms with Crippen LogP contribution in [-0.4, -0.2) is 19.7 Å². The Labute approximate surface area is 143 Å². The Balaban J connectivity index is 1.77. The lowest BCUT2D eigenvalue weighted by Crippen LogP contribution is -2.23. The van der Waals surface area contributed by atoms with Gasteiger partial charge in [0.25, 0.3) is 0 Å². The summed E-state index contributed by atoms with van der Waals surface area (Å²) in [5.41, 5.74) is 2.99. The molecule has 5 heteroatoms. The third-order valence-corrected chi connectivity index (χ3v) is 4.10. The van der Waals surface area contributed by atoms with E-state index in [1.54, 1.807) is 6.08 Å². The van der Waals surface area contributed by atoms with Gasteiger partial charge in [-0.15, -0.1) is 0 Å². The Hall–Kier alpha value is -2.27. The molecule has 0 amide bonds. The van der Waals surface area contributed by atoms with Gasteiger partial charge in [-0.1, -0.05) is 34.1 Å². The first-order valence-electron chi connectivity index (χ1n) is 7.20. The molecule has 1 aliphatic rings. The summed E-state index contributed by atoms with van der Waals surface area (Å²) in [6.45, 7) is 0.549. The number of hydrogen-bond acceptors (Lipinski definition) is 4. The van der Waals surface area contributed by atoms with Crippen LogP contribution in [0.25, 0.3) is 6.08 Å².